The molecule has 6 nitrogen and oxygen atoms in total. The molecular weight excluding hydrogens is 252 g/mol. The van der Waals surface area contributed by atoms with E-state index in [1.165, 1.54) is 11.3 Å². The summed E-state index contributed by atoms with van der Waals surface area (Å²) in [5.41, 5.74) is 6.65. The first-order valence-corrected chi connectivity index (χ1v) is 6.33. The number of carbonyl (C=O) groups is 1. The third kappa shape index (κ3) is 2.74. The first-order chi connectivity index (χ1) is 8.60. The van der Waals surface area contributed by atoms with E-state index in [1.807, 2.05) is 13.8 Å². The van der Waals surface area contributed by atoms with Crippen molar-refractivity contribution in [3.05, 3.63) is 33.4 Å². The number of hydrogen-bond donors (Lipinski definition) is 2. The second-order valence-corrected chi connectivity index (χ2v) is 4.71. The number of carbonyl (C=O) groups excluding carboxylic acids is 1. The predicted molar refractivity (Wildman–Crippen MR) is 67.2 cm³/mol. The molecule has 0 unspecified atom stereocenters. The van der Waals surface area contributed by atoms with E-state index in [0.717, 1.165) is 16.5 Å². The maximum Gasteiger partial charge on any atom is 0.271 e. The molecule has 0 radical (unpaired) electrons. The Labute approximate surface area is 108 Å². The van der Waals surface area contributed by atoms with Crippen molar-refractivity contribution in [1.29, 1.82) is 0 Å². The molecular formula is C11H14N4O2S. The van der Waals surface area contributed by atoms with Crippen LogP contribution in [0, 0.1) is 13.8 Å². The fraction of sp³-hybridized carbons (Fsp3) is 0.364. The fourth-order valence-electron chi connectivity index (χ4n) is 1.37. The van der Waals surface area contributed by atoms with Gasteiger partial charge in [0.05, 0.1) is 12.2 Å². The average molecular weight is 266 g/mol. The van der Waals surface area contributed by atoms with Gasteiger partial charge in [0.15, 0.2) is 0 Å². The summed E-state index contributed by atoms with van der Waals surface area (Å²) in [5.74, 6) is 1.01. The van der Waals surface area contributed by atoms with Gasteiger partial charge in [-0.2, -0.15) is 0 Å². The molecule has 96 valence electrons. The van der Waals surface area contributed by atoms with Crippen molar-refractivity contribution in [3.8, 4) is 0 Å². The molecule has 0 aromatic carbocycles. The second kappa shape index (κ2) is 5.28. The Bertz CT molecular complexity index is 542. The SMILES string of the molecule is Cc1nc(CNC(=O)c2csc(CN)n2)oc1C. The van der Waals surface area contributed by atoms with Gasteiger partial charge in [-0.05, 0) is 13.8 Å². The van der Waals surface area contributed by atoms with E-state index in [0.29, 0.717) is 18.1 Å². The number of aromatic nitrogens is 2. The molecule has 3 N–H and O–H groups in total. The van der Waals surface area contributed by atoms with Crippen LogP contribution in [-0.4, -0.2) is 15.9 Å². The van der Waals surface area contributed by atoms with Crippen molar-refractivity contribution in [2.75, 3.05) is 0 Å². The third-order valence-corrected chi connectivity index (χ3v) is 3.30. The van der Waals surface area contributed by atoms with Crippen LogP contribution < -0.4 is 11.1 Å². The van der Waals surface area contributed by atoms with Crippen LogP contribution in [0.15, 0.2) is 9.80 Å². The zero-order chi connectivity index (χ0) is 13.1. The first-order valence-electron chi connectivity index (χ1n) is 5.45. The van der Waals surface area contributed by atoms with Crippen molar-refractivity contribution in [1.82, 2.24) is 15.3 Å². The minimum atomic E-state index is -0.251. The van der Waals surface area contributed by atoms with Crippen molar-refractivity contribution in [3.63, 3.8) is 0 Å². The van der Waals surface area contributed by atoms with E-state index in [9.17, 15) is 4.79 Å². The van der Waals surface area contributed by atoms with Crippen LogP contribution in [0.5, 0.6) is 0 Å². The lowest BCUT2D eigenvalue weighted by Gasteiger charge is -1.98. The van der Waals surface area contributed by atoms with E-state index < -0.39 is 0 Å². The monoisotopic (exact) mass is 266 g/mol. The Hall–Kier alpha value is -1.73. The van der Waals surface area contributed by atoms with Gasteiger partial charge in [-0.3, -0.25) is 4.79 Å². The predicted octanol–water partition coefficient (Wildman–Crippen LogP) is 1.14. The lowest BCUT2D eigenvalue weighted by Crippen LogP contribution is -2.23. The largest absolute Gasteiger partial charge is 0.444 e. The minimum absolute atomic E-state index is 0.251. The Morgan fingerprint density at radius 2 is 2.28 bits per heavy atom. The number of rotatable bonds is 4. The smallest absolute Gasteiger partial charge is 0.271 e. The first kappa shape index (κ1) is 12.7. The molecule has 0 saturated heterocycles. The lowest BCUT2D eigenvalue weighted by atomic mass is 10.4. The quantitative estimate of drug-likeness (QED) is 0.865. The van der Waals surface area contributed by atoms with Crippen molar-refractivity contribution < 1.29 is 9.21 Å². The van der Waals surface area contributed by atoms with Crippen LogP contribution in [0.1, 0.15) is 32.8 Å². The average Bonchev–Trinajstić information content (AvgIpc) is 2.94. The van der Waals surface area contributed by atoms with Crippen LogP contribution in [0.2, 0.25) is 0 Å². The molecule has 1 amide bonds. The molecule has 0 aliphatic heterocycles. The van der Waals surface area contributed by atoms with Gasteiger partial charge in [-0.15, -0.1) is 11.3 Å². The fourth-order valence-corrected chi connectivity index (χ4v) is 2.02. The van der Waals surface area contributed by atoms with E-state index in [2.05, 4.69) is 15.3 Å². The maximum absolute atomic E-state index is 11.8. The minimum Gasteiger partial charge on any atom is -0.444 e. The number of hydrogen-bond acceptors (Lipinski definition) is 6. The Morgan fingerprint density at radius 3 is 2.83 bits per heavy atom. The molecule has 0 aliphatic carbocycles. The van der Waals surface area contributed by atoms with Gasteiger partial charge in [0.2, 0.25) is 5.89 Å². The van der Waals surface area contributed by atoms with Crippen LogP contribution in [0.4, 0.5) is 0 Å². The molecule has 2 aromatic heterocycles. The summed E-state index contributed by atoms with van der Waals surface area (Å²) >= 11 is 1.37. The highest BCUT2D eigenvalue weighted by molar-refractivity contribution is 7.09. The number of thiazole rings is 1. The molecule has 0 atom stereocenters. The van der Waals surface area contributed by atoms with Crippen LogP contribution >= 0.6 is 11.3 Å². The zero-order valence-electron chi connectivity index (χ0n) is 10.2. The molecule has 7 heteroatoms. The zero-order valence-corrected chi connectivity index (χ0v) is 11.0. The van der Waals surface area contributed by atoms with Crippen molar-refractivity contribution in [2.45, 2.75) is 26.9 Å². The maximum atomic E-state index is 11.8. The Balaban J connectivity index is 1.95. The van der Waals surface area contributed by atoms with Gasteiger partial charge in [0.25, 0.3) is 5.91 Å². The van der Waals surface area contributed by atoms with Crippen molar-refractivity contribution >= 4 is 17.2 Å². The normalized spacial score (nSPS) is 10.6. The summed E-state index contributed by atoms with van der Waals surface area (Å²) in [6.45, 7) is 4.29. The van der Waals surface area contributed by atoms with Gasteiger partial charge < -0.3 is 15.5 Å². The molecule has 0 aliphatic rings. The number of aryl methyl sites for hydroxylation is 2. The highest BCUT2D eigenvalue weighted by Gasteiger charge is 2.12. The number of nitrogens with zero attached hydrogens (tertiary/aromatic N) is 2. The second-order valence-electron chi connectivity index (χ2n) is 3.76. The van der Waals surface area contributed by atoms with E-state index in [-0.39, 0.29) is 12.5 Å². The van der Waals surface area contributed by atoms with E-state index in [1.54, 1.807) is 5.38 Å². The topological polar surface area (TPSA) is 94.0 Å². The van der Waals surface area contributed by atoms with Gasteiger partial charge in [-0.25, -0.2) is 9.97 Å². The van der Waals surface area contributed by atoms with Crippen LogP contribution in [0.3, 0.4) is 0 Å². The number of oxazole rings is 1. The third-order valence-electron chi connectivity index (χ3n) is 2.43. The number of nitrogens with two attached hydrogens (primary N) is 1. The van der Waals surface area contributed by atoms with Gasteiger partial charge in [0.1, 0.15) is 16.5 Å². The molecule has 0 saturated carbocycles. The lowest BCUT2D eigenvalue weighted by molar-refractivity contribution is 0.0942. The highest BCUT2D eigenvalue weighted by atomic mass is 32.1. The van der Waals surface area contributed by atoms with Crippen LogP contribution in [0.25, 0.3) is 0 Å². The molecule has 2 heterocycles. The number of nitrogens with one attached hydrogen (secondary N) is 1. The molecule has 0 fully saturated rings. The molecule has 0 bridgehead atoms. The summed E-state index contributed by atoms with van der Waals surface area (Å²) in [6.07, 6.45) is 0. The van der Waals surface area contributed by atoms with Crippen LogP contribution in [-0.2, 0) is 13.1 Å². The van der Waals surface area contributed by atoms with E-state index in [4.69, 9.17) is 10.2 Å². The summed E-state index contributed by atoms with van der Waals surface area (Å²) in [7, 11) is 0. The summed E-state index contributed by atoms with van der Waals surface area (Å²) in [4.78, 5) is 20.0. The molecule has 2 aromatic rings. The molecule has 18 heavy (non-hydrogen) atoms. The number of amides is 1. The highest BCUT2D eigenvalue weighted by Crippen LogP contribution is 2.10. The molecule has 2 rings (SSSR count). The Morgan fingerprint density at radius 1 is 1.50 bits per heavy atom. The van der Waals surface area contributed by atoms with Gasteiger partial charge in [-0.1, -0.05) is 0 Å². The van der Waals surface area contributed by atoms with E-state index >= 15 is 0 Å². The van der Waals surface area contributed by atoms with Crippen molar-refractivity contribution in [2.24, 2.45) is 5.73 Å². The summed E-state index contributed by atoms with van der Waals surface area (Å²) in [6, 6.07) is 0. The Kier molecular flexibility index (Phi) is 3.73. The standard InChI is InChI=1S/C11H14N4O2S/c1-6-7(2)17-9(14-6)4-13-11(16)8-5-18-10(3-12)15-8/h5H,3-4,12H2,1-2H3,(H,13,16). The van der Waals surface area contributed by atoms with Gasteiger partial charge in [0, 0.05) is 11.9 Å². The molecule has 0 spiro atoms. The van der Waals surface area contributed by atoms with Gasteiger partial charge >= 0.3 is 0 Å². The summed E-state index contributed by atoms with van der Waals surface area (Å²) in [5, 5.41) is 5.12. The summed E-state index contributed by atoms with van der Waals surface area (Å²) < 4.78 is 5.36.